The molecule has 0 spiro atoms. The van der Waals surface area contributed by atoms with E-state index in [2.05, 4.69) is 32.6 Å². The SMILES string of the molecule is CCN(CC(C)C)C(C)(CN)COC. The van der Waals surface area contributed by atoms with E-state index in [0.717, 1.165) is 13.1 Å². The average molecular weight is 202 g/mol. The Labute approximate surface area is 88.6 Å². The molecule has 3 heteroatoms. The predicted molar refractivity (Wildman–Crippen MR) is 61.4 cm³/mol. The maximum absolute atomic E-state index is 5.82. The minimum Gasteiger partial charge on any atom is -0.383 e. The zero-order valence-corrected chi connectivity index (χ0v) is 10.3. The summed E-state index contributed by atoms with van der Waals surface area (Å²) in [6, 6.07) is 0. The number of methoxy groups -OCH3 is 1. The Hall–Kier alpha value is -0.120. The van der Waals surface area contributed by atoms with Crippen molar-refractivity contribution < 1.29 is 4.74 Å². The Morgan fingerprint density at radius 3 is 2.29 bits per heavy atom. The molecule has 1 atom stereocenters. The molecule has 2 N–H and O–H groups in total. The number of hydrogen-bond acceptors (Lipinski definition) is 3. The highest BCUT2D eigenvalue weighted by atomic mass is 16.5. The lowest BCUT2D eigenvalue weighted by molar-refractivity contribution is 0.0234. The van der Waals surface area contributed by atoms with Crippen molar-refractivity contribution in [2.24, 2.45) is 11.7 Å². The maximum atomic E-state index is 5.82. The van der Waals surface area contributed by atoms with Crippen molar-refractivity contribution in [1.29, 1.82) is 0 Å². The monoisotopic (exact) mass is 202 g/mol. The molecule has 0 fully saturated rings. The molecule has 0 bridgehead atoms. The highest BCUT2D eigenvalue weighted by Crippen LogP contribution is 2.15. The third kappa shape index (κ3) is 3.95. The second-order valence-corrected chi connectivity index (χ2v) is 4.57. The van der Waals surface area contributed by atoms with Gasteiger partial charge in [0.2, 0.25) is 0 Å². The molecule has 0 aromatic heterocycles. The van der Waals surface area contributed by atoms with Crippen LogP contribution in [0, 0.1) is 5.92 Å². The largest absolute Gasteiger partial charge is 0.383 e. The molecule has 14 heavy (non-hydrogen) atoms. The number of likely N-dealkylation sites (N-methyl/N-ethyl adjacent to an activating group) is 1. The highest BCUT2D eigenvalue weighted by molar-refractivity contribution is 4.87. The Morgan fingerprint density at radius 2 is 2.00 bits per heavy atom. The van der Waals surface area contributed by atoms with E-state index < -0.39 is 0 Å². The Balaban J connectivity index is 4.41. The van der Waals surface area contributed by atoms with Crippen LogP contribution in [-0.4, -0.2) is 43.8 Å². The molecule has 0 rings (SSSR count). The predicted octanol–water partition coefficient (Wildman–Crippen LogP) is 1.33. The third-order valence-electron chi connectivity index (χ3n) is 2.63. The van der Waals surface area contributed by atoms with E-state index in [1.807, 2.05) is 0 Å². The fraction of sp³-hybridized carbons (Fsp3) is 1.00. The van der Waals surface area contributed by atoms with Crippen molar-refractivity contribution >= 4 is 0 Å². The highest BCUT2D eigenvalue weighted by Gasteiger charge is 2.29. The molecule has 0 amide bonds. The Morgan fingerprint density at radius 1 is 1.43 bits per heavy atom. The van der Waals surface area contributed by atoms with Gasteiger partial charge in [0.1, 0.15) is 0 Å². The van der Waals surface area contributed by atoms with Crippen LogP contribution >= 0.6 is 0 Å². The minimum atomic E-state index is -0.0201. The zero-order chi connectivity index (χ0) is 11.2. The smallest absolute Gasteiger partial charge is 0.0656 e. The molecule has 0 aliphatic rings. The molecule has 0 aromatic carbocycles. The molecule has 3 nitrogen and oxygen atoms in total. The van der Waals surface area contributed by atoms with E-state index in [0.29, 0.717) is 19.1 Å². The van der Waals surface area contributed by atoms with Crippen molar-refractivity contribution in [3.8, 4) is 0 Å². The molecule has 1 unspecified atom stereocenters. The fourth-order valence-corrected chi connectivity index (χ4v) is 1.76. The van der Waals surface area contributed by atoms with E-state index in [1.54, 1.807) is 7.11 Å². The number of nitrogens with two attached hydrogens (primary N) is 1. The lowest BCUT2D eigenvalue weighted by atomic mass is 9.99. The minimum absolute atomic E-state index is 0.0201. The standard InChI is InChI=1S/C11H26N2O/c1-6-13(7-10(2)3)11(4,8-12)9-14-5/h10H,6-9,12H2,1-5H3. The van der Waals surface area contributed by atoms with Crippen molar-refractivity contribution in [3.05, 3.63) is 0 Å². The first-order valence-corrected chi connectivity index (χ1v) is 5.44. The second kappa shape index (κ2) is 6.38. The summed E-state index contributed by atoms with van der Waals surface area (Å²) in [4.78, 5) is 2.40. The van der Waals surface area contributed by atoms with Crippen LogP contribution in [0.5, 0.6) is 0 Å². The number of nitrogens with zero attached hydrogens (tertiary/aromatic N) is 1. The first kappa shape index (κ1) is 13.9. The maximum Gasteiger partial charge on any atom is 0.0656 e. The molecule has 0 aliphatic carbocycles. The van der Waals surface area contributed by atoms with Crippen molar-refractivity contribution in [2.45, 2.75) is 33.2 Å². The molecule has 0 aromatic rings. The normalized spacial score (nSPS) is 16.3. The van der Waals surface area contributed by atoms with Crippen LogP contribution in [0.4, 0.5) is 0 Å². The first-order chi connectivity index (χ1) is 6.50. The third-order valence-corrected chi connectivity index (χ3v) is 2.63. The second-order valence-electron chi connectivity index (χ2n) is 4.57. The van der Waals surface area contributed by atoms with Crippen LogP contribution in [0.1, 0.15) is 27.7 Å². The average Bonchev–Trinajstić information content (AvgIpc) is 2.14. The van der Waals surface area contributed by atoms with Crippen LogP contribution in [0.3, 0.4) is 0 Å². The fourth-order valence-electron chi connectivity index (χ4n) is 1.76. The van der Waals surface area contributed by atoms with Crippen LogP contribution in [0.25, 0.3) is 0 Å². The van der Waals surface area contributed by atoms with Gasteiger partial charge >= 0.3 is 0 Å². The van der Waals surface area contributed by atoms with E-state index in [9.17, 15) is 0 Å². The summed E-state index contributed by atoms with van der Waals surface area (Å²) in [5.41, 5.74) is 5.80. The Kier molecular flexibility index (Phi) is 6.33. The van der Waals surface area contributed by atoms with Gasteiger partial charge in [-0.3, -0.25) is 4.90 Å². The number of hydrogen-bond donors (Lipinski definition) is 1. The van der Waals surface area contributed by atoms with Gasteiger partial charge in [-0.2, -0.15) is 0 Å². The van der Waals surface area contributed by atoms with Gasteiger partial charge in [0.15, 0.2) is 0 Å². The topological polar surface area (TPSA) is 38.5 Å². The van der Waals surface area contributed by atoms with E-state index in [1.165, 1.54) is 0 Å². The van der Waals surface area contributed by atoms with Crippen LogP contribution in [0.15, 0.2) is 0 Å². The van der Waals surface area contributed by atoms with Gasteiger partial charge in [-0.05, 0) is 19.4 Å². The van der Waals surface area contributed by atoms with Gasteiger partial charge in [0.05, 0.1) is 12.1 Å². The van der Waals surface area contributed by atoms with E-state index >= 15 is 0 Å². The van der Waals surface area contributed by atoms with Crippen LogP contribution in [0.2, 0.25) is 0 Å². The van der Waals surface area contributed by atoms with Crippen molar-refractivity contribution in [3.63, 3.8) is 0 Å². The summed E-state index contributed by atoms with van der Waals surface area (Å²) in [7, 11) is 1.73. The molecule has 0 saturated carbocycles. The van der Waals surface area contributed by atoms with E-state index in [-0.39, 0.29) is 5.54 Å². The van der Waals surface area contributed by atoms with Gasteiger partial charge in [0.25, 0.3) is 0 Å². The molecule has 0 aliphatic heterocycles. The van der Waals surface area contributed by atoms with Gasteiger partial charge in [0, 0.05) is 20.2 Å². The molecule has 0 heterocycles. The zero-order valence-electron chi connectivity index (χ0n) is 10.3. The first-order valence-electron chi connectivity index (χ1n) is 5.44. The van der Waals surface area contributed by atoms with Gasteiger partial charge in [-0.25, -0.2) is 0 Å². The molecule has 86 valence electrons. The summed E-state index contributed by atoms with van der Waals surface area (Å²) in [5, 5.41) is 0. The van der Waals surface area contributed by atoms with E-state index in [4.69, 9.17) is 10.5 Å². The van der Waals surface area contributed by atoms with Crippen LogP contribution in [-0.2, 0) is 4.74 Å². The quantitative estimate of drug-likeness (QED) is 0.677. The summed E-state index contributed by atoms with van der Waals surface area (Å²) in [5.74, 6) is 0.665. The summed E-state index contributed by atoms with van der Waals surface area (Å²) in [6.07, 6.45) is 0. The van der Waals surface area contributed by atoms with Crippen molar-refractivity contribution in [2.75, 3.05) is 33.4 Å². The Bertz CT molecular complexity index is 150. The molecular formula is C11H26N2O. The lowest BCUT2D eigenvalue weighted by Crippen LogP contribution is -2.55. The molecule has 0 radical (unpaired) electrons. The summed E-state index contributed by atoms with van der Waals surface area (Å²) < 4.78 is 5.24. The van der Waals surface area contributed by atoms with Crippen molar-refractivity contribution in [1.82, 2.24) is 4.90 Å². The summed E-state index contributed by atoms with van der Waals surface area (Å²) in [6.45, 7) is 12.2. The van der Waals surface area contributed by atoms with Gasteiger partial charge < -0.3 is 10.5 Å². The molecule has 0 saturated heterocycles. The molecular weight excluding hydrogens is 176 g/mol. The number of rotatable bonds is 7. The lowest BCUT2D eigenvalue weighted by Gasteiger charge is -2.40. The summed E-state index contributed by atoms with van der Waals surface area (Å²) >= 11 is 0. The van der Waals surface area contributed by atoms with Crippen LogP contribution < -0.4 is 5.73 Å². The van der Waals surface area contributed by atoms with Gasteiger partial charge in [-0.15, -0.1) is 0 Å². The number of ether oxygens (including phenoxy) is 1. The van der Waals surface area contributed by atoms with Gasteiger partial charge in [-0.1, -0.05) is 20.8 Å².